The van der Waals surface area contributed by atoms with Crippen LogP contribution in [0.4, 0.5) is 4.39 Å². The summed E-state index contributed by atoms with van der Waals surface area (Å²) in [6.07, 6.45) is 2.10. The van der Waals surface area contributed by atoms with Crippen molar-refractivity contribution in [2.45, 2.75) is 26.4 Å². The van der Waals surface area contributed by atoms with Crippen LogP contribution < -0.4 is 0 Å². The molecular weight excluding hydrogens is 251 g/mol. The van der Waals surface area contributed by atoms with Crippen molar-refractivity contribution in [3.05, 3.63) is 35.1 Å². The fraction of sp³-hybridized carbons (Fsp3) is 0.500. The number of halogens is 1. The Labute approximate surface area is 112 Å². The maximum absolute atomic E-state index is 12.9. The molecule has 0 radical (unpaired) electrons. The van der Waals surface area contributed by atoms with E-state index in [9.17, 15) is 9.18 Å². The molecule has 19 heavy (non-hydrogen) atoms. The molecule has 1 rings (SSSR count). The smallest absolute Gasteiger partial charge is 0.336 e. The molecule has 0 aliphatic heterocycles. The van der Waals surface area contributed by atoms with E-state index >= 15 is 0 Å². The third-order valence-electron chi connectivity index (χ3n) is 2.57. The van der Waals surface area contributed by atoms with Crippen molar-refractivity contribution in [1.29, 1.82) is 0 Å². The Bertz CT molecular complexity index is 406. The Morgan fingerprint density at radius 3 is 2.68 bits per heavy atom. The van der Waals surface area contributed by atoms with E-state index < -0.39 is 11.8 Å². The average molecular weight is 270 g/mol. The topological polar surface area (TPSA) is 55.8 Å². The molecular formula is C14H19FO4. The molecule has 0 fully saturated rings. The van der Waals surface area contributed by atoms with E-state index in [-0.39, 0.29) is 12.2 Å². The molecule has 0 heterocycles. The zero-order valence-electron chi connectivity index (χ0n) is 11.0. The van der Waals surface area contributed by atoms with E-state index in [1.54, 1.807) is 0 Å². The molecule has 0 saturated carbocycles. The van der Waals surface area contributed by atoms with Crippen molar-refractivity contribution >= 4 is 5.97 Å². The van der Waals surface area contributed by atoms with E-state index in [2.05, 4.69) is 6.92 Å². The number of benzene rings is 1. The minimum Gasteiger partial charge on any atom is -0.478 e. The lowest BCUT2D eigenvalue weighted by atomic mass is 10.1. The van der Waals surface area contributed by atoms with Crippen LogP contribution in [0.15, 0.2) is 18.2 Å². The third-order valence-corrected chi connectivity index (χ3v) is 2.57. The van der Waals surface area contributed by atoms with Gasteiger partial charge in [-0.3, -0.25) is 0 Å². The van der Waals surface area contributed by atoms with Gasteiger partial charge in [-0.05, 0) is 24.1 Å². The first-order chi connectivity index (χ1) is 9.15. The van der Waals surface area contributed by atoms with E-state index in [1.165, 1.54) is 12.1 Å². The largest absolute Gasteiger partial charge is 0.478 e. The second kappa shape index (κ2) is 8.61. The van der Waals surface area contributed by atoms with Gasteiger partial charge < -0.3 is 14.6 Å². The molecule has 106 valence electrons. The van der Waals surface area contributed by atoms with Crippen molar-refractivity contribution in [3.63, 3.8) is 0 Å². The SMILES string of the molecule is CCCCOCCOCc1ccc(F)cc1C(=O)O. The Morgan fingerprint density at radius 1 is 1.26 bits per heavy atom. The second-order valence-corrected chi connectivity index (χ2v) is 4.13. The predicted octanol–water partition coefficient (Wildman–Crippen LogP) is 2.86. The van der Waals surface area contributed by atoms with Gasteiger partial charge in [0.2, 0.25) is 0 Å². The number of rotatable bonds is 9. The summed E-state index contributed by atoms with van der Waals surface area (Å²) in [5.41, 5.74) is 0.398. The monoisotopic (exact) mass is 270 g/mol. The summed E-state index contributed by atoms with van der Waals surface area (Å²) in [6.45, 7) is 3.79. The maximum Gasteiger partial charge on any atom is 0.336 e. The van der Waals surface area contributed by atoms with Gasteiger partial charge in [0.25, 0.3) is 0 Å². The zero-order chi connectivity index (χ0) is 14.1. The summed E-state index contributed by atoms with van der Waals surface area (Å²) in [5, 5.41) is 8.94. The molecule has 0 spiro atoms. The lowest BCUT2D eigenvalue weighted by Crippen LogP contribution is -2.08. The van der Waals surface area contributed by atoms with Gasteiger partial charge in [-0.2, -0.15) is 0 Å². The average Bonchev–Trinajstić information content (AvgIpc) is 2.39. The fourth-order valence-corrected chi connectivity index (χ4v) is 1.52. The molecule has 1 aromatic carbocycles. The zero-order valence-corrected chi connectivity index (χ0v) is 11.0. The summed E-state index contributed by atoms with van der Waals surface area (Å²) in [7, 11) is 0. The minimum absolute atomic E-state index is 0.0631. The van der Waals surface area contributed by atoms with Crippen molar-refractivity contribution in [3.8, 4) is 0 Å². The van der Waals surface area contributed by atoms with E-state index in [0.29, 0.717) is 25.4 Å². The van der Waals surface area contributed by atoms with E-state index in [0.717, 1.165) is 18.9 Å². The Hall–Kier alpha value is -1.46. The molecule has 0 atom stereocenters. The van der Waals surface area contributed by atoms with Crippen molar-refractivity contribution in [1.82, 2.24) is 0 Å². The highest BCUT2D eigenvalue weighted by molar-refractivity contribution is 5.89. The number of carbonyl (C=O) groups is 1. The summed E-state index contributed by atoms with van der Waals surface area (Å²) < 4.78 is 23.6. The van der Waals surface area contributed by atoms with Gasteiger partial charge in [0.1, 0.15) is 5.82 Å². The summed E-state index contributed by atoms with van der Waals surface area (Å²) in [4.78, 5) is 10.9. The molecule has 1 N–H and O–H groups in total. The first kappa shape index (κ1) is 15.6. The number of carboxylic acids is 1. The minimum atomic E-state index is -1.16. The number of carboxylic acid groups (broad SMARTS) is 1. The van der Waals surface area contributed by atoms with Crippen molar-refractivity contribution in [2.24, 2.45) is 0 Å². The van der Waals surface area contributed by atoms with Crippen molar-refractivity contribution < 1.29 is 23.8 Å². The van der Waals surface area contributed by atoms with Crippen LogP contribution in [-0.2, 0) is 16.1 Å². The number of unbranched alkanes of at least 4 members (excludes halogenated alkanes) is 1. The van der Waals surface area contributed by atoms with Gasteiger partial charge in [-0.15, -0.1) is 0 Å². The van der Waals surface area contributed by atoms with Crippen LogP contribution in [0.3, 0.4) is 0 Å². The van der Waals surface area contributed by atoms with Crippen LogP contribution in [0.2, 0.25) is 0 Å². The summed E-state index contributed by atoms with van der Waals surface area (Å²) >= 11 is 0. The molecule has 0 aliphatic rings. The van der Waals surface area contributed by atoms with Gasteiger partial charge in [0, 0.05) is 6.61 Å². The lowest BCUT2D eigenvalue weighted by molar-refractivity contribution is 0.0389. The second-order valence-electron chi connectivity index (χ2n) is 4.13. The lowest BCUT2D eigenvalue weighted by Gasteiger charge is -2.08. The van der Waals surface area contributed by atoms with Crippen LogP contribution in [0, 0.1) is 5.82 Å². The van der Waals surface area contributed by atoms with Crippen molar-refractivity contribution in [2.75, 3.05) is 19.8 Å². The molecule has 1 aromatic rings. The van der Waals surface area contributed by atoms with Crippen LogP contribution in [0.1, 0.15) is 35.7 Å². The Morgan fingerprint density at radius 2 is 2.00 bits per heavy atom. The van der Waals surface area contributed by atoms with Gasteiger partial charge in [0.05, 0.1) is 25.4 Å². The van der Waals surface area contributed by atoms with Gasteiger partial charge in [0.15, 0.2) is 0 Å². The molecule has 0 unspecified atom stereocenters. The Kier molecular flexibility index (Phi) is 7.07. The standard InChI is InChI=1S/C14H19FO4/c1-2-3-6-18-7-8-19-10-11-4-5-12(15)9-13(11)14(16)17/h4-5,9H,2-3,6-8,10H2,1H3,(H,16,17). The molecule has 5 heteroatoms. The van der Waals surface area contributed by atoms with Gasteiger partial charge in [-0.1, -0.05) is 19.4 Å². The predicted molar refractivity (Wildman–Crippen MR) is 68.7 cm³/mol. The molecule has 4 nitrogen and oxygen atoms in total. The van der Waals surface area contributed by atoms with Gasteiger partial charge in [-0.25, -0.2) is 9.18 Å². The van der Waals surface area contributed by atoms with Crippen LogP contribution >= 0.6 is 0 Å². The van der Waals surface area contributed by atoms with Crippen LogP contribution in [0.25, 0.3) is 0 Å². The first-order valence-electron chi connectivity index (χ1n) is 6.32. The highest BCUT2D eigenvalue weighted by atomic mass is 19.1. The van der Waals surface area contributed by atoms with E-state index in [4.69, 9.17) is 14.6 Å². The number of aromatic carboxylic acids is 1. The number of hydrogen-bond donors (Lipinski definition) is 1. The van der Waals surface area contributed by atoms with Gasteiger partial charge >= 0.3 is 5.97 Å². The highest BCUT2D eigenvalue weighted by Gasteiger charge is 2.11. The molecule has 0 aromatic heterocycles. The molecule has 0 bridgehead atoms. The summed E-state index contributed by atoms with van der Waals surface area (Å²) in [6, 6.07) is 3.65. The van der Waals surface area contributed by atoms with Crippen LogP contribution in [0.5, 0.6) is 0 Å². The quantitative estimate of drug-likeness (QED) is 0.701. The molecule has 0 aliphatic carbocycles. The molecule has 0 saturated heterocycles. The normalized spacial score (nSPS) is 10.6. The third kappa shape index (κ3) is 5.81. The maximum atomic E-state index is 12.9. The van der Waals surface area contributed by atoms with E-state index in [1.807, 2.05) is 0 Å². The van der Waals surface area contributed by atoms with Crippen LogP contribution in [-0.4, -0.2) is 30.9 Å². The molecule has 0 amide bonds. The Balaban J connectivity index is 2.35. The first-order valence-corrected chi connectivity index (χ1v) is 6.32. The fourth-order valence-electron chi connectivity index (χ4n) is 1.52. The number of hydrogen-bond acceptors (Lipinski definition) is 3. The summed E-state index contributed by atoms with van der Waals surface area (Å²) in [5.74, 6) is -1.72. The highest BCUT2D eigenvalue weighted by Crippen LogP contribution is 2.12. The number of ether oxygens (including phenoxy) is 2.